The molecule has 0 aromatic heterocycles. The standard InChI is InChI=1S/C30H30/c1-21-13-5-9-17-25(21)29(26-18-10-6-14-22(26)2)30(27-19-11-7-15-23(27)3)28-20-12-8-16-24(28)4/h5-20,29-30H,1-4H3. The van der Waals surface area contributed by atoms with Crippen molar-refractivity contribution in [2.75, 3.05) is 0 Å². The highest BCUT2D eigenvalue weighted by Crippen LogP contribution is 2.46. The second-order valence-electron chi connectivity index (χ2n) is 8.38. The Labute approximate surface area is 181 Å². The summed E-state index contributed by atoms with van der Waals surface area (Å²) in [6, 6.07) is 35.5. The van der Waals surface area contributed by atoms with Gasteiger partial charge in [0.05, 0.1) is 0 Å². The van der Waals surface area contributed by atoms with Crippen LogP contribution in [0.1, 0.15) is 56.3 Å². The van der Waals surface area contributed by atoms with Gasteiger partial charge in [0.25, 0.3) is 0 Å². The minimum Gasteiger partial charge on any atom is -0.0620 e. The van der Waals surface area contributed by atoms with Gasteiger partial charge in [-0.05, 0) is 72.2 Å². The zero-order valence-corrected chi connectivity index (χ0v) is 18.4. The van der Waals surface area contributed by atoms with Crippen LogP contribution in [0.2, 0.25) is 0 Å². The molecule has 0 radical (unpaired) electrons. The first kappa shape index (κ1) is 20.2. The van der Waals surface area contributed by atoms with E-state index in [0.717, 1.165) is 0 Å². The maximum absolute atomic E-state index is 2.32. The molecule has 0 aliphatic rings. The van der Waals surface area contributed by atoms with E-state index < -0.39 is 0 Å². The average molecular weight is 391 g/mol. The zero-order chi connectivity index (χ0) is 21.1. The summed E-state index contributed by atoms with van der Waals surface area (Å²) < 4.78 is 0. The van der Waals surface area contributed by atoms with E-state index in [1.54, 1.807) is 0 Å². The summed E-state index contributed by atoms with van der Waals surface area (Å²) in [5, 5.41) is 0. The molecular formula is C30H30. The van der Waals surface area contributed by atoms with Crippen LogP contribution in [0.3, 0.4) is 0 Å². The first-order chi connectivity index (χ1) is 14.6. The van der Waals surface area contributed by atoms with Crippen molar-refractivity contribution < 1.29 is 0 Å². The highest BCUT2D eigenvalue weighted by Gasteiger charge is 2.31. The van der Waals surface area contributed by atoms with Gasteiger partial charge >= 0.3 is 0 Å². The fraction of sp³-hybridized carbons (Fsp3) is 0.200. The Hall–Kier alpha value is -3.12. The molecule has 0 amide bonds. The molecule has 0 bridgehead atoms. The average Bonchev–Trinajstić information content (AvgIpc) is 2.75. The third-order valence-corrected chi connectivity index (χ3v) is 6.43. The van der Waals surface area contributed by atoms with Crippen molar-refractivity contribution in [1.82, 2.24) is 0 Å². The summed E-state index contributed by atoms with van der Waals surface area (Å²) in [7, 11) is 0. The third-order valence-electron chi connectivity index (χ3n) is 6.43. The molecule has 0 atom stereocenters. The smallest absolute Gasteiger partial charge is 0.0204 e. The van der Waals surface area contributed by atoms with Crippen molar-refractivity contribution in [2.45, 2.75) is 39.5 Å². The fourth-order valence-corrected chi connectivity index (χ4v) is 4.80. The van der Waals surface area contributed by atoms with E-state index in [2.05, 4.69) is 125 Å². The lowest BCUT2D eigenvalue weighted by molar-refractivity contribution is 0.679. The van der Waals surface area contributed by atoms with Crippen LogP contribution in [-0.2, 0) is 0 Å². The molecule has 150 valence electrons. The molecule has 0 saturated heterocycles. The molecule has 4 aromatic rings. The molecule has 4 rings (SSSR count). The summed E-state index contributed by atoms with van der Waals surface area (Å²) in [6.45, 7) is 8.97. The second-order valence-corrected chi connectivity index (χ2v) is 8.38. The quantitative estimate of drug-likeness (QED) is 0.325. The Morgan fingerprint density at radius 2 is 0.533 bits per heavy atom. The minimum atomic E-state index is 0.245. The fourth-order valence-electron chi connectivity index (χ4n) is 4.80. The molecular weight excluding hydrogens is 360 g/mol. The number of benzene rings is 4. The summed E-state index contributed by atoms with van der Waals surface area (Å²) in [6.07, 6.45) is 0. The van der Waals surface area contributed by atoms with E-state index in [0.29, 0.717) is 0 Å². The molecule has 0 fully saturated rings. The van der Waals surface area contributed by atoms with Crippen molar-refractivity contribution in [3.05, 3.63) is 142 Å². The molecule has 0 saturated carbocycles. The molecule has 0 nitrogen and oxygen atoms in total. The Balaban J connectivity index is 2.06. The van der Waals surface area contributed by atoms with Crippen molar-refractivity contribution in [1.29, 1.82) is 0 Å². The van der Waals surface area contributed by atoms with E-state index in [9.17, 15) is 0 Å². The monoisotopic (exact) mass is 390 g/mol. The van der Waals surface area contributed by atoms with Crippen LogP contribution >= 0.6 is 0 Å². The maximum atomic E-state index is 2.32. The SMILES string of the molecule is Cc1ccccc1C(c1ccccc1C)C(c1ccccc1C)c1ccccc1C. The minimum absolute atomic E-state index is 0.245. The lowest BCUT2D eigenvalue weighted by Crippen LogP contribution is -2.18. The van der Waals surface area contributed by atoms with E-state index in [1.807, 2.05) is 0 Å². The predicted octanol–water partition coefficient (Wildman–Crippen LogP) is 7.88. The van der Waals surface area contributed by atoms with Gasteiger partial charge in [0.15, 0.2) is 0 Å². The molecule has 0 aliphatic carbocycles. The molecule has 0 N–H and O–H groups in total. The molecule has 0 unspecified atom stereocenters. The van der Waals surface area contributed by atoms with Crippen LogP contribution in [0.15, 0.2) is 97.1 Å². The van der Waals surface area contributed by atoms with Crippen molar-refractivity contribution in [2.24, 2.45) is 0 Å². The van der Waals surface area contributed by atoms with Crippen molar-refractivity contribution >= 4 is 0 Å². The van der Waals surface area contributed by atoms with Crippen LogP contribution in [0.5, 0.6) is 0 Å². The van der Waals surface area contributed by atoms with E-state index in [1.165, 1.54) is 44.5 Å². The van der Waals surface area contributed by atoms with Gasteiger partial charge in [0.2, 0.25) is 0 Å². The highest BCUT2D eigenvalue weighted by atomic mass is 14.3. The molecule has 0 spiro atoms. The van der Waals surface area contributed by atoms with Gasteiger partial charge in [-0.2, -0.15) is 0 Å². The summed E-state index contributed by atoms with van der Waals surface area (Å²) in [5.41, 5.74) is 11.0. The topological polar surface area (TPSA) is 0 Å². The second kappa shape index (κ2) is 8.71. The van der Waals surface area contributed by atoms with Crippen molar-refractivity contribution in [3.8, 4) is 0 Å². The number of hydrogen-bond acceptors (Lipinski definition) is 0. The first-order valence-corrected chi connectivity index (χ1v) is 10.8. The molecule has 0 aliphatic heterocycles. The Morgan fingerprint density at radius 1 is 0.333 bits per heavy atom. The van der Waals surface area contributed by atoms with E-state index in [-0.39, 0.29) is 11.8 Å². The Morgan fingerprint density at radius 3 is 0.733 bits per heavy atom. The maximum Gasteiger partial charge on any atom is 0.0204 e. The van der Waals surface area contributed by atoms with Gasteiger partial charge in [0.1, 0.15) is 0 Å². The van der Waals surface area contributed by atoms with Crippen LogP contribution in [0, 0.1) is 27.7 Å². The predicted molar refractivity (Wildman–Crippen MR) is 128 cm³/mol. The summed E-state index contributed by atoms with van der Waals surface area (Å²) in [5.74, 6) is 0.490. The van der Waals surface area contributed by atoms with E-state index >= 15 is 0 Å². The summed E-state index contributed by atoms with van der Waals surface area (Å²) >= 11 is 0. The third kappa shape index (κ3) is 3.83. The molecule has 0 heteroatoms. The lowest BCUT2D eigenvalue weighted by Gasteiger charge is -2.33. The van der Waals surface area contributed by atoms with Gasteiger partial charge in [-0.1, -0.05) is 97.1 Å². The van der Waals surface area contributed by atoms with Crippen LogP contribution in [-0.4, -0.2) is 0 Å². The van der Waals surface area contributed by atoms with Crippen LogP contribution < -0.4 is 0 Å². The number of rotatable bonds is 5. The number of hydrogen-bond donors (Lipinski definition) is 0. The van der Waals surface area contributed by atoms with Gasteiger partial charge in [-0.15, -0.1) is 0 Å². The van der Waals surface area contributed by atoms with Crippen LogP contribution in [0.25, 0.3) is 0 Å². The van der Waals surface area contributed by atoms with E-state index in [4.69, 9.17) is 0 Å². The molecule has 4 aromatic carbocycles. The summed E-state index contributed by atoms with van der Waals surface area (Å²) in [4.78, 5) is 0. The zero-order valence-electron chi connectivity index (χ0n) is 18.4. The molecule has 30 heavy (non-hydrogen) atoms. The lowest BCUT2D eigenvalue weighted by atomic mass is 9.70. The van der Waals surface area contributed by atoms with Crippen molar-refractivity contribution in [3.63, 3.8) is 0 Å². The largest absolute Gasteiger partial charge is 0.0620 e. The molecule has 0 heterocycles. The number of aryl methyl sites for hydroxylation is 4. The Bertz CT molecular complexity index is 968. The van der Waals surface area contributed by atoms with Crippen LogP contribution in [0.4, 0.5) is 0 Å². The highest BCUT2D eigenvalue weighted by molar-refractivity contribution is 5.51. The van der Waals surface area contributed by atoms with Gasteiger partial charge < -0.3 is 0 Å². The van der Waals surface area contributed by atoms with Gasteiger partial charge in [-0.3, -0.25) is 0 Å². The normalized spacial score (nSPS) is 11.3. The Kier molecular flexibility index (Phi) is 5.86. The van der Waals surface area contributed by atoms with Gasteiger partial charge in [0, 0.05) is 11.8 Å². The first-order valence-electron chi connectivity index (χ1n) is 10.8. The van der Waals surface area contributed by atoms with Gasteiger partial charge in [-0.25, -0.2) is 0 Å².